The second kappa shape index (κ2) is 10.0. The van der Waals surface area contributed by atoms with Gasteiger partial charge in [-0.2, -0.15) is 4.98 Å². The third-order valence-corrected chi connectivity index (χ3v) is 6.38. The van der Waals surface area contributed by atoms with Gasteiger partial charge in [0.15, 0.2) is 11.5 Å². The number of nitrogens with zero attached hydrogens (tertiary/aromatic N) is 4. The average molecular weight is 408 g/mol. The SMILES string of the molecule is CCN1CCCC1.Nc1ncnc2c1N=C(c1ccc(C3CCCCC3)cc1)CO2. The van der Waals surface area contributed by atoms with Crippen molar-refractivity contribution in [3.8, 4) is 5.88 Å². The summed E-state index contributed by atoms with van der Waals surface area (Å²) < 4.78 is 5.66. The van der Waals surface area contributed by atoms with Crippen molar-refractivity contribution >= 4 is 17.2 Å². The summed E-state index contributed by atoms with van der Waals surface area (Å²) in [6.45, 7) is 6.57. The van der Waals surface area contributed by atoms with E-state index in [0.29, 0.717) is 29.9 Å². The largest absolute Gasteiger partial charge is 0.469 e. The third kappa shape index (κ3) is 4.98. The molecule has 1 aliphatic carbocycles. The van der Waals surface area contributed by atoms with E-state index in [0.717, 1.165) is 11.3 Å². The molecule has 3 heterocycles. The predicted octanol–water partition coefficient (Wildman–Crippen LogP) is 4.72. The zero-order chi connectivity index (χ0) is 20.8. The van der Waals surface area contributed by atoms with Gasteiger partial charge in [0.05, 0.1) is 5.71 Å². The number of hydrogen-bond acceptors (Lipinski definition) is 6. The van der Waals surface area contributed by atoms with Crippen LogP contribution in [0.3, 0.4) is 0 Å². The van der Waals surface area contributed by atoms with Gasteiger partial charge in [-0.3, -0.25) is 0 Å². The van der Waals surface area contributed by atoms with Crippen LogP contribution in [0.2, 0.25) is 0 Å². The second-order valence-corrected chi connectivity index (χ2v) is 8.36. The Morgan fingerprint density at radius 1 is 1.00 bits per heavy atom. The fraction of sp³-hybridized carbons (Fsp3) is 0.542. The number of likely N-dealkylation sites (tertiary alicyclic amines) is 1. The maximum atomic E-state index is 5.87. The molecule has 1 saturated carbocycles. The molecule has 3 aliphatic rings. The van der Waals surface area contributed by atoms with E-state index in [2.05, 4.69) is 51.0 Å². The normalized spacial score (nSPS) is 19.3. The molecule has 0 unspecified atom stereocenters. The molecule has 0 spiro atoms. The van der Waals surface area contributed by atoms with Gasteiger partial charge in [-0.15, -0.1) is 0 Å². The van der Waals surface area contributed by atoms with Gasteiger partial charge in [0.25, 0.3) is 0 Å². The van der Waals surface area contributed by atoms with Gasteiger partial charge in [0.2, 0.25) is 5.88 Å². The van der Waals surface area contributed by atoms with Crippen LogP contribution >= 0.6 is 0 Å². The van der Waals surface area contributed by atoms with E-state index in [1.807, 2.05) is 0 Å². The lowest BCUT2D eigenvalue weighted by Crippen LogP contribution is -2.18. The van der Waals surface area contributed by atoms with Gasteiger partial charge in [0.1, 0.15) is 12.9 Å². The summed E-state index contributed by atoms with van der Waals surface area (Å²) in [5.41, 5.74) is 9.77. The maximum absolute atomic E-state index is 5.87. The monoisotopic (exact) mass is 407 g/mol. The lowest BCUT2D eigenvalue weighted by atomic mass is 9.84. The van der Waals surface area contributed by atoms with Crippen LogP contribution in [-0.2, 0) is 0 Å². The number of benzene rings is 1. The molecule has 0 radical (unpaired) electrons. The van der Waals surface area contributed by atoms with E-state index in [-0.39, 0.29) is 0 Å². The molecule has 1 aromatic carbocycles. The predicted molar refractivity (Wildman–Crippen MR) is 122 cm³/mol. The van der Waals surface area contributed by atoms with Crippen molar-refractivity contribution in [2.24, 2.45) is 4.99 Å². The first kappa shape index (κ1) is 20.8. The molecule has 5 rings (SSSR count). The van der Waals surface area contributed by atoms with Crippen molar-refractivity contribution in [3.63, 3.8) is 0 Å². The lowest BCUT2D eigenvalue weighted by molar-refractivity contribution is 0.357. The van der Waals surface area contributed by atoms with Gasteiger partial charge >= 0.3 is 0 Å². The van der Waals surface area contributed by atoms with Gasteiger partial charge in [-0.1, -0.05) is 50.5 Å². The van der Waals surface area contributed by atoms with Crippen molar-refractivity contribution in [1.82, 2.24) is 14.9 Å². The molecular formula is C24H33N5O. The Hall–Kier alpha value is -2.47. The fourth-order valence-corrected chi connectivity index (χ4v) is 4.52. The molecule has 6 heteroatoms. The molecule has 0 atom stereocenters. The van der Waals surface area contributed by atoms with Gasteiger partial charge < -0.3 is 15.4 Å². The second-order valence-electron chi connectivity index (χ2n) is 8.36. The first-order chi connectivity index (χ1) is 14.7. The Morgan fingerprint density at radius 2 is 1.73 bits per heavy atom. The van der Waals surface area contributed by atoms with E-state index >= 15 is 0 Å². The Balaban J connectivity index is 0.000000265. The topological polar surface area (TPSA) is 76.6 Å². The molecule has 0 bridgehead atoms. The smallest absolute Gasteiger partial charge is 0.245 e. The molecule has 1 aromatic heterocycles. The van der Waals surface area contributed by atoms with E-state index in [9.17, 15) is 0 Å². The summed E-state index contributed by atoms with van der Waals surface area (Å²) in [6.07, 6.45) is 10.9. The van der Waals surface area contributed by atoms with Crippen LogP contribution in [0.1, 0.15) is 68.9 Å². The number of aromatic nitrogens is 2. The summed E-state index contributed by atoms with van der Waals surface area (Å²) in [4.78, 5) is 15.1. The Morgan fingerprint density at radius 3 is 2.40 bits per heavy atom. The fourth-order valence-electron chi connectivity index (χ4n) is 4.52. The van der Waals surface area contributed by atoms with Gasteiger partial charge in [-0.05, 0) is 62.4 Å². The number of hydrogen-bond donors (Lipinski definition) is 1. The van der Waals surface area contributed by atoms with Crippen LogP contribution in [0.25, 0.3) is 0 Å². The molecular weight excluding hydrogens is 374 g/mol. The van der Waals surface area contributed by atoms with E-state index in [1.54, 1.807) is 0 Å². The van der Waals surface area contributed by atoms with E-state index in [4.69, 9.17) is 10.5 Å². The highest BCUT2D eigenvalue weighted by molar-refractivity contribution is 6.04. The number of ether oxygens (including phenoxy) is 1. The van der Waals surface area contributed by atoms with Crippen molar-refractivity contribution in [1.29, 1.82) is 0 Å². The molecule has 1 saturated heterocycles. The minimum atomic E-state index is 0.353. The highest BCUT2D eigenvalue weighted by Crippen LogP contribution is 2.35. The zero-order valence-corrected chi connectivity index (χ0v) is 18.0. The summed E-state index contributed by atoms with van der Waals surface area (Å²) in [5.74, 6) is 1.53. The highest BCUT2D eigenvalue weighted by Gasteiger charge is 2.20. The number of nitrogen functional groups attached to an aromatic ring is 1. The molecule has 160 valence electrons. The lowest BCUT2D eigenvalue weighted by Gasteiger charge is -2.22. The average Bonchev–Trinajstić information content (AvgIpc) is 3.35. The van der Waals surface area contributed by atoms with Crippen LogP contribution in [-0.4, -0.2) is 46.8 Å². The molecule has 2 aromatic rings. The number of aliphatic imine (C=N–C) groups is 1. The van der Waals surface area contributed by atoms with Crippen molar-refractivity contribution in [2.75, 3.05) is 32.0 Å². The number of rotatable bonds is 3. The summed E-state index contributed by atoms with van der Waals surface area (Å²) >= 11 is 0. The minimum Gasteiger partial charge on any atom is -0.469 e. The number of anilines is 1. The molecule has 6 nitrogen and oxygen atoms in total. The van der Waals surface area contributed by atoms with Crippen molar-refractivity contribution in [3.05, 3.63) is 41.7 Å². The molecule has 30 heavy (non-hydrogen) atoms. The minimum absolute atomic E-state index is 0.353. The van der Waals surface area contributed by atoms with Gasteiger partial charge in [-0.25, -0.2) is 9.98 Å². The standard InChI is InChI=1S/C18H20N4O.C6H13N/c19-17-16-18(21-11-20-17)23-10-15(22-16)14-8-6-13(7-9-14)12-4-2-1-3-5-12;1-2-7-5-3-4-6-7/h6-9,11-12H,1-5,10H2,(H2,19,20,21);2-6H2,1H3. The van der Waals surface area contributed by atoms with Crippen LogP contribution in [0, 0.1) is 0 Å². The molecule has 2 N–H and O–H groups in total. The van der Waals surface area contributed by atoms with E-state index in [1.165, 1.54) is 76.5 Å². The molecule has 0 amide bonds. The Bertz CT molecular complexity index is 852. The van der Waals surface area contributed by atoms with Crippen LogP contribution in [0.5, 0.6) is 5.88 Å². The summed E-state index contributed by atoms with van der Waals surface area (Å²) in [7, 11) is 0. The highest BCUT2D eigenvalue weighted by atomic mass is 16.5. The summed E-state index contributed by atoms with van der Waals surface area (Å²) in [6, 6.07) is 8.73. The van der Waals surface area contributed by atoms with E-state index < -0.39 is 0 Å². The first-order valence-electron chi connectivity index (χ1n) is 11.4. The maximum Gasteiger partial charge on any atom is 0.245 e. The van der Waals surface area contributed by atoms with Gasteiger partial charge in [0, 0.05) is 0 Å². The van der Waals surface area contributed by atoms with Crippen LogP contribution in [0.4, 0.5) is 11.5 Å². The van der Waals surface area contributed by atoms with Crippen LogP contribution in [0.15, 0.2) is 35.6 Å². The quantitative estimate of drug-likeness (QED) is 0.796. The summed E-state index contributed by atoms with van der Waals surface area (Å²) in [5, 5.41) is 0. The Labute approximate surface area is 179 Å². The zero-order valence-electron chi connectivity index (χ0n) is 18.0. The Kier molecular flexibility index (Phi) is 6.95. The van der Waals surface area contributed by atoms with Crippen molar-refractivity contribution < 1.29 is 4.74 Å². The first-order valence-corrected chi connectivity index (χ1v) is 11.4. The van der Waals surface area contributed by atoms with Crippen LogP contribution < -0.4 is 10.5 Å². The molecule has 2 aliphatic heterocycles. The number of nitrogens with two attached hydrogens (primary N) is 1. The van der Waals surface area contributed by atoms with Crippen molar-refractivity contribution in [2.45, 2.75) is 57.8 Å². The molecule has 2 fully saturated rings. The number of fused-ring (bicyclic) bond motifs is 1. The third-order valence-electron chi connectivity index (χ3n) is 6.38.